The Morgan fingerprint density at radius 2 is 1.53 bits per heavy atom. The fourth-order valence-corrected chi connectivity index (χ4v) is 5.28. The summed E-state index contributed by atoms with van der Waals surface area (Å²) in [6.45, 7) is 1.82. The van der Waals surface area contributed by atoms with Crippen molar-refractivity contribution in [2.75, 3.05) is 42.1 Å². The van der Waals surface area contributed by atoms with Gasteiger partial charge in [-0.2, -0.15) is 0 Å². The molecule has 200 valence electrons. The molecule has 4 rings (SSSR count). The molecule has 2 amide bonds. The summed E-state index contributed by atoms with van der Waals surface area (Å²) >= 11 is 12.2. The third-order valence-corrected chi connectivity index (χ3v) is 7.38. The molecule has 1 unspecified atom stereocenters. The first-order valence-corrected chi connectivity index (χ1v) is 14.7. The lowest BCUT2D eigenvalue weighted by atomic mass is 10.0. The number of carbonyl (C=O) groups excluding carboxylic acids is 2. The van der Waals surface area contributed by atoms with Gasteiger partial charge >= 0.3 is 0 Å². The Labute approximate surface area is 232 Å². The number of anilines is 2. The zero-order valence-electron chi connectivity index (χ0n) is 20.7. The zero-order valence-corrected chi connectivity index (χ0v) is 23.1. The number of piperazine rings is 1. The summed E-state index contributed by atoms with van der Waals surface area (Å²) in [6, 6.07) is 20.2. The highest BCUT2D eigenvalue weighted by Crippen LogP contribution is 2.27. The van der Waals surface area contributed by atoms with Crippen LogP contribution >= 0.6 is 23.2 Å². The molecule has 0 saturated carbocycles. The first kappa shape index (κ1) is 27.8. The predicted octanol–water partition coefficient (Wildman–Crippen LogP) is 4.05. The average Bonchev–Trinajstić information content (AvgIpc) is 2.89. The van der Waals surface area contributed by atoms with Crippen LogP contribution in [0.2, 0.25) is 10.0 Å². The maximum atomic E-state index is 13.7. The summed E-state index contributed by atoms with van der Waals surface area (Å²) in [6.07, 6.45) is 1.39. The summed E-state index contributed by atoms with van der Waals surface area (Å²) in [7, 11) is -3.44. The molecule has 8 nitrogen and oxygen atoms in total. The van der Waals surface area contributed by atoms with Gasteiger partial charge in [0, 0.05) is 37.6 Å². The molecule has 0 aliphatic carbocycles. The molecule has 1 aliphatic rings. The highest BCUT2D eigenvalue weighted by Gasteiger charge is 2.30. The van der Waals surface area contributed by atoms with E-state index < -0.39 is 22.0 Å². The number of nitrogens with one attached hydrogen (secondary N) is 2. The maximum Gasteiger partial charge on any atom is 0.253 e. The molecule has 1 aliphatic heterocycles. The molecule has 0 radical (unpaired) electrons. The fourth-order valence-electron chi connectivity index (χ4n) is 4.36. The van der Waals surface area contributed by atoms with E-state index in [-0.39, 0.29) is 12.3 Å². The number of rotatable bonds is 8. The number of hydrogen-bond acceptors (Lipinski definition) is 5. The van der Waals surface area contributed by atoms with Gasteiger partial charge in [0.2, 0.25) is 15.9 Å². The van der Waals surface area contributed by atoms with E-state index in [4.69, 9.17) is 23.2 Å². The molecule has 1 fully saturated rings. The number of carbonyl (C=O) groups is 2. The number of para-hydroxylation sites is 2. The molecule has 2 N–H and O–H groups in total. The minimum Gasteiger partial charge on any atom is -0.366 e. The lowest BCUT2D eigenvalue weighted by molar-refractivity contribution is -0.133. The summed E-state index contributed by atoms with van der Waals surface area (Å²) in [5, 5.41) is 3.76. The van der Waals surface area contributed by atoms with Crippen LogP contribution < -0.4 is 14.9 Å². The van der Waals surface area contributed by atoms with E-state index in [0.29, 0.717) is 47.5 Å². The average molecular weight is 576 g/mol. The van der Waals surface area contributed by atoms with Crippen LogP contribution in [0, 0.1) is 0 Å². The van der Waals surface area contributed by atoms with E-state index >= 15 is 0 Å². The van der Waals surface area contributed by atoms with Gasteiger partial charge in [0.15, 0.2) is 0 Å². The minimum absolute atomic E-state index is 0.206. The third-order valence-electron chi connectivity index (χ3n) is 6.21. The molecule has 1 saturated heterocycles. The third kappa shape index (κ3) is 7.18. The van der Waals surface area contributed by atoms with Crippen molar-refractivity contribution in [2.24, 2.45) is 0 Å². The quantitative estimate of drug-likeness (QED) is 0.423. The fraction of sp³-hybridized carbons (Fsp3) is 0.259. The Bertz CT molecular complexity index is 1410. The molecule has 1 atom stereocenters. The monoisotopic (exact) mass is 574 g/mol. The van der Waals surface area contributed by atoms with Gasteiger partial charge in [0.25, 0.3) is 5.91 Å². The van der Waals surface area contributed by atoms with Gasteiger partial charge in [0.05, 0.1) is 28.2 Å². The molecule has 0 bridgehead atoms. The largest absolute Gasteiger partial charge is 0.366 e. The number of sulfonamides is 1. The Morgan fingerprint density at radius 3 is 2.18 bits per heavy atom. The summed E-state index contributed by atoms with van der Waals surface area (Å²) in [5.74, 6) is -0.634. The van der Waals surface area contributed by atoms with Gasteiger partial charge in [0.1, 0.15) is 6.04 Å². The predicted molar refractivity (Wildman–Crippen MR) is 152 cm³/mol. The molecule has 1 heterocycles. The Balaban J connectivity index is 1.49. The van der Waals surface area contributed by atoms with Crippen LogP contribution in [-0.4, -0.2) is 63.6 Å². The maximum absolute atomic E-state index is 13.7. The van der Waals surface area contributed by atoms with E-state index in [2.05, 4.69) is 10.0 Å². The number of benzene rings is 3. The number of nitrogens with zero attached hydrogens (tertiary/aromatic N) is 2. The minimum atomic E-state index is -3.44. The normalized spacial score (nSPS) is 14.6. The lowest BCUT2D eigenvalue weighted by Crippen LogP contribution is -2.55. The van der Waals surface area contributed by atoms with Crippen molar-refractivity contribution in [1.29, 1.82) is 0 Å². The van der Waals surface area contributed by atoms with E-state index in [9.17, 15) is 18.0 Å². The second-order valence-corrected chi connectivity index (χ2v) is 11.6. The standard InChI is InChI=1S/C27H28Cl2N4O4S/c1-38(36,37)31-23-8-4-5-9-25(23)32-14-16-33(17-15-32)27(35)24(18-19-10-12-20(28)13-11-19)30-26(34)21-6-2-3-7-22(21)29/h2-13,24,31H,14-18H2,1H3,(H,30,34). The van der Waals surface area contributed by atoms with E-state index in [1.165, 1.54) is 0 Å². The van der Waals surface area contributed by atoms with Gasteiger partial charge in [-0.3, -0.25) is 14.3 Å². The first-order chi connectivity index (χ1) is 18.1. The molecular weight excluding hydrogens is 547 g/mol. The second kappa shape index (κ2) is 12.1. The Hall–Kier alpha value is -3.27. The number of halogens is 2. The highest BCUT2D eigenvalue weighted by molar-refractivity contribution is 7.92. The van der Waals surface area contributed by atoms with Crippen LogP contribution in [0.4, 0.5) is 11.4 Å². The van der Waals surface area contributed by atoms with Crippen molar-refractivity contribution in [3.8, 4) is 0 Å². The summed E-state index contributed by atoms with van der Waals surface area (Å²) in [4.78, 5) is 30.5. The van der Waals surface area contributed by atoms with Crippen molar-refractivity contribution in [3.63, 3.8) is 0 Å². The first-order valence-electron chi connectivity index (χ1n) is 12.0. The Morgan fingerprint density at radius 1 is 0.895 bits per heavy atom. The van der Waals surface area contributed by atoms with Gasteiger partial charge in [-0.25, -0.2) is 8.42 Å². The van der Waals surface area contributed by atoms with Crippen molar-refractivity contribution >= 4 is 56.4 Å². The van der Waals surface area contributed by atoms with Gasteiger partial charge in [-0.15, -0.1) is 0 Å². The van der Waals surface area contributed by atoms with Crippen molar-refractivity contribution in [1.82, 2.24) is 10.2 Å². The number of amides is 2. The molecule has 11 heteroatoms. The van der Waals surface area contributed by atoms with Crippen LogP contribution in [0.15, 0.2) is 72.8 Å². The van der Waals surface area contributed by atoms with Crippen molar-refractivity contribution in [2.45, 2.75) is 12.5 Å². The topological polar surface area (TPSA) is 98.8 Å². The van der Waals surface area contributed by atoms with Crippen LogP contribution in [0.1, 0.15) is 15.9 Å². The van der Waals surface area contributed by atoms with E-state index in [1.807, 2.05) is 29.2 Å². The van der Waals surface area contributed by atoms with Crippen LogP contribution in [0.3, 0.4) is 0 Å². The van der Waals surface area contributed by atoms with Gasteiger partial charge in [-0.05, 0) is 42.0 Å². The smallest absolute Gasteiger partial charge is 0.253 e. The van der Waals surface area contributed by atoms with Gasteiger partial charge < -0.3 is 15.1 Å². The van der Waals surface area contributed by atoms with Crippen LogP contribution in [-0.2, 0) is 21.2 Å². The molecular formula is C27H28Cl2N4O4S. The molecule has 3 aromatic rings. The van der Waals surface area contributed by atoms with Gasteiger partial charge in [-0.1, -0.05) is 59.6 Å². The van der Waals surface area contributed by atoms with Crippen molar-refractivity contribution < 1.29 is 18.0 Å². The van der Waals surface area contributed by atoms with Crippen LogP contribution in [0.5, 0.6) is 0 Å². The summed E-state index contributed by atoms with van der Waals surface area (Å²) in [5.41, 5.74) is 2.38. The Kier molecular flexibility index (Phi) is 8.81. The van der Waals surface area contributed by atoms with Crippen molar-refractivity contribution in [3.05, 3.63) is 94.0 Å². The number of hydrogen-bond donors (Lipinski definition) is 2. The van der Waals surface area contributed by atoms with Crippen LogP contribution in [0.25, 0.3) is 0 Å². The highest BCUT2D eigenvalue weighted by atomic mass is 35.5. The SMILES string of the molecule is CS(=O)(=O)Nc1ccccc1N1CCN(C(=O)C(Cc2ccc(Cl)cc2)NC(=O)c2ccccc2Cl)CC1. The summed E-state index contributed by atoms with van der Waals surface area (Å²) < 4.78 is 26.2. The lowest BCUT2D eigenvalue weighted by Gasteiger charge is -2.38. The van der Waals surface area contributed by atoms with E-state index in [1.54, 1.807) is 53.4 Å². The molecule has 0 spiro atoms. The molecule has 3 aromatic carbocycles. The second-order valence-electron chi connectivity index (χ2n) is 9.04. The van der Waals surface area contributed by atoms with E-state index in [0.717, 1.165) is 17.5 Å². The molecule has 0 aromatic heterocycles. The zero-order chi connectivity index (χ0) is 27.3. The molecule has 38 heavy (non-hydrogen) atoms.